The van der Waals surface area contributed by atoms with E-state index in [1.807, 2.05) is 88.0 Å². The van der Waals surface area contributed by atoms with E-state index in [1.54, 1.807) is 16.1 Å². The van der Waals surface area contributed by atoms with Gasteiger partial charge >= 0.3 is 6.03 Å². The minimum atomic E-state index is -0.276. The lowest BCUT2D eigenvalue weighted by molar-refractivity contribution is -0.133. The predicted octanol–water partition coefficient (Wildman–Crippen LogP) is 5.10. The quantitative estimate of drug-likeness (QED) is 0.493. The van der Waals surface area contributed by atoms with Crippen LogP contribution in [0, 0.1) is 13.8 Å². The van der Waals surface area contributed by atoms with Gasteiger partial charge in [0.1, 0.15) is 12.3 Å². The Morgan fingerprint density at radius 2 is 1.91 bits per heavy atom. The van der Waals surface area contributed by atoms with E-state index in [0.29, 0.717) is 18.8 Å². The molecule has 0 saturated carbocycles. The van der Waals surface area contributed by atoms with E-state index in [9.17, 15) is 9.59 Å². The molecule has 0 bridgehead atoms. The summed E-state index contributed by atoms with van der Waals surface area (Å²) in [5.41, 5.74) is 3.88. The van der Waals surface area contributed by atoms with E-state index in [0.717, 1.165) is 28.9 Å². The first kappa shape index (κ1) is 24.2. The highest BCUT2D eigenvalue weighted by atomic mass is 16.3. The minimum Gasteiger partial charge on any atom is -0.467 e. The smallest absolute Gasteiger partial charge is 0.322 e. The fraction of sp³-hybridized carbons (Fsp3) is 0.385. The molecule has 0 aliphatic rings. The Balaban J connectivity index is 1.79. The third-order valence-corrected chi connectivity index (χ3v) is 6.00. The van der Waals surface area contributed by atoms with Gasteiger partial charge in [-0.25, -0.2) is 4.79 Å². The van der Waals surface area contributed by atoms with E-state index < -0.39 is 0 Å². The van der Waals surface area contributed by atoms with E-state index in [1.165, 1.54) is 0 Å². The maximum atomic E-state index is 13.5. The second-order valence-corrected chi connectivity index (χ2v) is 8.57. The van der Waals surface area contributed by atoms with Crippen LogP contribution in [0.1, 0.15) is 42.8 Å². The maximum absolute atomic E-state index is 13.5. The summed E-state index contributed by atoms with van der Waals surface area (Å²) in [6.45, 7) is 8.70. The molecule has 3 rings (SSSR count). The van der Waals surface area contributed by atoms with Crippen molar-refractivity contribution in [1.29, 1.82) is 0 Å². The Kier molecular flexibility index (Phi) is 7.98. The van der Waals surface area contributed by atoms with Gasteiger partial charge in [-0.15, -0.1) is 0 Å². The summed E-state index contributed by atoms with van der Waals surface area (Å²) in [6.07, 6.45) is 4.29. The molecule has 3 amide bonds. The molecule has 2 aromatic heterocycles. The molecule has 176 valence electrons. The molecule has 0 aliphatic carbocycles. The number of carbonyl (C=O) groups excluding carboxylic acids is 2. The Morgan fingerprint density at radius 3 is 2.52 bits per heavy atom. The lowest BCUT2D eigenvalue weighted by Crippen LogP contribution is -2.48. The predicted molar refractivity (Wildman–Crippen MR) is 130 cm³/mol. The Bertz CT molecular complexity index is 1070. The number of hydrogen-bond acceptors (Lipinski definition) is 3. The molecule has 0 spiro atoms. The largest absolute Gasteiger partial charge is 0.467 e. The summed E-state index contributed by atoms with van der Waals surface area (Å²) in [6, 6.07) is 13.1. The van der Waals surface area contributed by atoms with E-state index >= 15 is 0 Å². The number of hydrogen-bond donors (Lipinski definition) is 1. The van der Waals surface area contributed by atoms with E-state index in [-0.39, 0.29) is 24.5 Å². The van der Waals surface area contributed by atoms with Crippen molar-refractivity contribution in [2.45, 2.75) is 53.2 Å². The fourth-order valence-electron chi connectivity index (χ4n) is 3.71. The van der Waals surface area contributed by atoms with Gasteiger partial charge in [0.2, 0.25) is 5.91 Å². The lowest BCUT2D eigenvalue weighted by Gasteiger charge is -2.31. The maximum Gasteiger partial charge on any atom is 0.322 e. The van der Waals surface area contributed by atoms with Crippen molar-refractivity contribution < 1.29 is 14.0 Å². The van der Waals surface area contributed by atoms with Crippen LogP contribution in [0.3, 0.4) is 0 Å². The highest BCUT2D eigenvalue weighted by Gasteiger charge is 2.26. The third kappa shape index (κ3) is 6.28. The number of aromatic nitrogens is 1. The Morgan fingerprint density at radius 1 is 1.12 bits per heavy atom. The fourth-order valence-corrected chi connectivity index (χ4v) is 3.71. The molecule has 0 saturated heterocycles. The first-order chi connectivity index (χ1) is 15.8. The normalized spacial score (nSPS) is 11.8. The van der Waals surface area contributed by atoms with Crippen molar-refractivity contribution in [3.63, 3.8) is 0 Å². The van der Waals surface area contributed by atoms with E-state index in [4.69, 9.17) is 4.42 Å². The first-order valence-electron chi connectivity index (χ1n) is 11.3. The number of urea groups is 1. The number of nitrogens with one attached hydrogen (secondary N) is 1. The van der Waals surface area contributed by atoms with Crippen molar-refractivity contribution in [2.24, 2.45) is 7.05 Å². The molecule has 1 N–H and O–H groups in total. The molecule has 1 unspecified atom stereocenters. The van der Waals surface area contributed by atoms with Gasteiger partial charge in [-0.1, -0.05) is 24.6 Å². The number of nitrogens with zero attached hydrogens (tertiary/aromatic N) is 3. The molecule has 0 aliphatic heterocycles. The molecule has 0 radical (unpaired) electrons. The topological polar surface area (TPSA) is 70.7 Å². The summed E-state index contributed by atoms with van der Waals surface area (Å²) < 4.78 is 7.48. The summed E-state index contributed by atoms with van der Waals surface area (Å²) in [4.78, 5) is 30.0. The average Bonchev–Trinajstić information content (AvgIpc) is 3.44. The number of rotatable bonds is 9. The van der Waals surface area contributed by atoms with Crippen LogP contribution in [0.25, 0.3) is 0 Å². The molecular formula is C26H34N4O3. The minimum absolute atomic E-state index is 0.0170. The van der Waals surface area contributed by atoms with Crippen LogP contribution >= 0.6 is 0 Å². The van der Waals surface area contributed by atoms with Crippen LogP contribution < -0.4 is 5.32 Å². The van der Waals surface area contributed by atoms with Crippen LogP contribution in [-0.2, 0) is 24.9 Å². The van der Waals surface area contributed by atoms with Gasteiger partial charge in [0.15, 0.2) is 0 Å². The van der Waals surface area contributed by atoms with Gasteiger partial charge < -0.3 is 24.1 Å². The second-order valence-electron chi connectivity index (χ2n) is 8.57. The van der Waals surface area contributed by atoms with Crippen LogP contribution in [0.15, 0.2) is 59.3 Å². The van der Waals surface area contributed by atoms with Crippen molar-refractivity contribution >= 4 is 17.6 Å². The van der Waals surface area contributed by atoms with Gasteiger partial charge in [0, 0.05) is 30.7 Å². The van der Waals surface area contributed by atoms with Crippen molar-refractivity contribution in [1.82, 2.24) is 14.4 Å². The summed E-state index contributed by atoms with van der Waals surface area (Å²) in [7, 11) is 1.95. The molecule has 0 fully saturated rings. The molecule has 1 atom stereocenters. The molecule has 2 heterocycles. The Labute approximate surface area is 196 Å². The number of furan rings is 1. The van der Waals surface area contributed by atoms with Gasteiger partial charge in [-0.3, -0.25) is 4.79 Å². The van der Waals surface area contributed by atoms with Gasteiger partial charge in [0.05, 0.1) is 19.4 Å². The van der Waals surface area contributed by atoms with Crippen molar-refractivity contribution in [3.8, 4) is 0 Å². The molecule has 7 nitrogen and oxygen atoms in total. The number of amides is 3. The third-order valence-electron chi connectivity index (χ3n) is 6.00. The standard InChI is InChI=1S/C26H34N4O3/c1-6-21(4)30(26(32)27-24-12-11-19(2)15-20(24)3)18-25(31)29(17-23-10-8-14-33-23)16-22-9-7-13-28(22)5/h7-15,21H,6,16-18H2,1-5H3,(H,27,32). The first-order valence-corrected chi connectivity index (χ1v) is 11.3. The highest BCUT2D eigenvalue weighted by molar-refractivity contribution is 5.93. The van der Waals surface area contributed by atoms with Crippen LogP contribution in [0.2, 0.25) is 0 Å². The monoisotopic (exact) mass is 450 g/mol. The van der Waals surface area contributed by atoms with Crippen LogP contribution in [0.4, 0.5) is 10.5 Å². The summed E-state index contributed by atoms with van der Waals surface area (Å²) in [5.74, 6) is 0.566. The second kappa shape index (κ2) is 10.9. The van der Waals surface area contributed by atoms with E-state index in [2.05, 4.69) is 5.32 Å². The number of benzene rings is 1. The molecular weight excluding hydrogens is 416 g/mol. The number of aryl methyl sites for hydroxylation is 3. The number of carbonyl (C=O) groups is 2. The lowest BCUT2D eigenvalue weighted by atomic mass is 10.1. The van der Waals surface area contributed by atoms with Crippen LogP contribution in [0.5, 0.6) is 0 Å². The Hall–Kier alpha value is -3.48. The summed E-state index contributed by atoms with van der Waals surface area (Å²) >= 11 is 0. The number of anilines is 1. The average molecular weight is 451 g/mol. The molecule has 1 aromatic carbocycles. The van der Waals surface area contributed by atoms with Crippen molar-refractivity contribution in [2.75, 3.05) is 11.9 Å². The summed E-state index contributed by atoms with van der Waals surface area (Å²) in [5, 5.41) is 2.99. The SMILES string of the molecule is CCC(C)N(CC(=O)N(Cc1ccco1)Cc1cccn1C)C(=O)Nc1ccc(C)cc1C. The molecule has 33 heavy (non-hydrogen) atoms. The zero-order valence-electron chi connectivity index (χ0n) is 20.2. The van der Waals surface area contributed by atoms with Gasteiger partial charge in [0.25, 0.3) is 0 Å². The zero-order valence-corrected chi connectivity index (χ0v) is 20.2. The van der Waals surface area contributed by atoms with Gasteiger partial charge in [-0.05, 0) is 63.1 Å². The van der Waals surface area contributed by atoms with Gasteiger partial charge in [-0.2, -0.15) is 0 Å². The zero-order chi connectivity index (χ0) is 24.0. The highest BCUT2D eigenvalue weighted by Crippen LogP contribution is 2.18. The van der Waals surface area contributed by atoms with Crippen molar-refractivity contribution in [3.05, 3.63) is 77.5 Å². The molecule has 3 aromatic rings. The van der Waals surface area contributed by atoms with Crippen LogP contribution in [-0.4, -0.2) is 38.9 Å². The molecule has 7 heteroatoms.